The van der Waals surface area contributed by atoms with Crippen molar-refractivity contribution in [3.05, 3.63) is 23.3 Å². The van der Waals surface area contributed by atoms with Gasteiger partial charge in [-0.2, -0.15) is 0 Å². The van der Waals surface area contributed by atoms with Crippen molar-refractivity contribution in [2.24, 2.45) is 46.3 Å². The fourth-order valence-electron chi connectivity index (χ4n) is 8.51. The lowest BCUT2D eigenvalue weighted by atomic mass is 9.49. The Morgan fingerprint density at radius 3 is 2.52 bits per heavy atom. The zero-order chi connectivity index (χ0) is 21.0. The zero-order valence-corrected chi connectivity index (χ0v) is 20.0. The van der Waals surface area contributed by atoms with Gasteiger partial charge in [-0.1, -0.05) is 64.8 Å². The number of allylic oxidation sites excluding steroid dienone is 4. The molecule has 4 aliphatic carbocycles. The maximum atomic E-state index is 10.5. The average molecular weight is 399 g/mol. The Morgan fingerprint density at radius 1 is 1.03 bits per heavy atom. The Kier molecular flexibility index (Phi) is 5.86. The van der Waals surface area contributed by atoms with Crippen LogP contribution in [0.5, 0.6) is 0 Å². The fraction of sp³-hybridized carbons (Fsp3) is 0.857. The Labute approximate surface area is 180 Å². The van der Waals surface area contributed by atoms with E-state index in [0.717, 1.165) is 24.2 Å². The first-order valence-electron chi connectivity index (χ1n) is 12.8. The summed E-state index contributed by atoms with van der Waals surface area (Å²) in [5.74, 6) is 4.32. The Morgan fingerprint density at radius 2 is 1.79 bits per heavy atom. The standard InChI is InChI=1S/C28H46O/c1-18(2)8-7-9-19(3)22-12-13-24-21-10-11-23-20(4)26(29)15-17-28(23,6)25(21)14-16-27(22,24)5/h7,9,18-20,22-24,26,29H,8,10-17H2,1-6H3. The number of rotatable bonds is 4. The van der Waals surface area contributed by atoms with Gasteiger partial charge in [0.15, 0.2) is 0 Å². The molecule has 0 amide bonds. The highest BCUT2D eigenvalue weighted by molar-refractivity contribution is 5.35. The molecule has 8 atom stereocenters. The van der Waals surface area contributed by atoms with Crippen LogP contribution < -0.4 is 0 Å². The molecule has 2 saturated carbocycles. The zero-order valence-electron chi connectivity index (χ0n) is 20.0. The van der Waals surface area contributed by atoms with Crippen LogP contribution in [0.25, 0.3) is 0 Å². The van der Waals surface area contributed by atoms with Gasteiger partial charge in [-0.25, -0.2) is 0 Å². The van der Waals surface area contributed by atoms with Crippen molar-refractivity contribution < 1.29 is 5.11 Å². The highest BCUT2D eigenvalue weighted by Crippen LogP contribution is 2.66. The molecule has 0 aliphatic heterocycles. The molecule has 4 aliphatic rings. The second-order valence-corrected chi connectivity index (χ2v) is 12.2. The number of aliphatic hydroxyl groups is 1. The third-order valence-electron chi connectivity index (χ3n) is 10.2. The van der Waals surface area contributed by atoms with Crippen LogP contribution in [0.3, 0.4) is 0 Å². The largest absolute Gasteiger partial charge is 0.393 e. The van der Waals surface area contributed by atoms with Crippen molar-refractivity contribution in [3.8, 4) is 0 Å². The first-order chi connectivity index (χ1) is 13.7. The van der Waals surface area contributed by atoms with Crippen LogP contribution in [0.1, 0.15) is 99.3 Å². The van der Waals surface area contributed by atoms with Gasteiger partial charge in [0.05, 0.1) is 6.10 Å². The summed E-state index contributed by atoms with van der Waals surface area (Å²) in [5.41, 5.74) is 4.62. The minimum Gasteiger partial charge on any atom is -0.393 e. The van der Waals surface area contributed by atoms with Gasteiger partial charge >= 0.3 is 0 Å². The van der Waals surface area contributed by atoms with Crippen LogP contribution in [0.15, 0.2) is 23.3 Å². The molecule has 8 unspecified atom stereocenters. The van der Waals surface area contributed by atoms with E-state index >= 15 is 0 Å². The summed E-state index contributed by atoms with van der Waals surface area (Å²) in [7, 11) is 0. The minimum absolute atomic E-state index is 0.0709. The van der Waals surface area contributed by atoms with E-state index in [1.165, 1.54) is 51.4 Å². The molecule has 2 fully saturated rings. The van der Waals surface area contributed by atoms with Crippen molar-refractivity contribution in [1.29, 1.82) is 0 Å². The van der Waals surface area contributed by atoms with Crippen molar-refractivity contribution in [2.75, 3.05) is 0 Å². The molecular weight excluding hydrogens is 352 g/mol. The molecule has 0 saturated heterocycles. The highest BCUT2D eigenvalue weighted by Gasteiger charge is 2.56. The van der Waals surface area contributed by atoms with E-state index in [1.54, 1.807) is 0 Å². The van der Waals surface area contributed by atoms with E-state index in [0.29, 0.717) is 28.6 Å². The lowest BCUT2D eigenvalue weighted by Gasteiger charge is -2.56. The quantitative estimate of drug-likeness (QED) is 0.484. The minimum atomic E-state index is -0.0709. The van der Waals surface area contributed by atoms with Crippen LogP contribution in [0.2, 0.25) is 0 Å². The van der Waals surface area contributed by atoms with Crippen LogP contribution in [0, 0.1) is 46.3 Å². The average Bonchev–Trinajstić information content (AvgIpc) is 3.02. The van der Waals surface area contributed by atoms with Gasteiger partial charge in [-0.3, -0.25) is 0 Å². The van der Waals surface area contributed by atoms with Gasteiger partial charge in [0.1, 0.15) is 0 Å². The topological polar surface area (TPSA) is 20.2 Å². The smallest absolute Gasteiger partial charge is 0.0569 e. The maximum absolute atomic E-state index is 10.5. The molecule has 0 radical (unpaired) electrons. The summed E-state index contributed by atoms with van der Waals surface area (Å²) >= 11 is 0. The van der Waals surface area contributed by atoms with Gasteiger partial charge < -0.3 is 5.11 Å². The number of hydrogen-bond donors (Lipinski definition) is 1. The monoisotopic (exact) mass is 398 g/mol. The molecule has 164 valence electrons. The first-order valence-corrected chi connectivity index (χ1v) is 12.8. The van der Waals surface area contributed by atoms with Crippen LogP contribution in [-0.2, 0) is 0 Å². The van der Waals surface area contributed by atoms with E-state index in [1.807, 2.05) is 11.1 Å². The summed E-state index contributed by atoms with van der Waals surface area (Å²) in [6.07, 6.45) is 16.6. The van der Waals surface area contributed by atoms with E-state index < -0.39 is 0 Å². The SMILES string of the molecule is CC(C)CC=CC(C)C1CCC2C3=C(CCC21C)C1(C)CCC(O)C(C)C1CC3. The molecule has 0 aromatic rings. The Balaban J connectivity index is 1.58. The van der Waals surface area contributed by atoms with Crippen LogP contribution in [-0.4, -0.2) is 11.2 Å². The molecule has 0 heterocycles. The predicted molar refractivity (Wildman–Crippen MR) is 124 cm³/mol. The molecule has 1 heteroatoms. The third kappa shape index (κ3) is 3.48. The van der Waals surface area contributed by atoms with E-state index in [2.05, 4.69) is 53.7 Å². The van der Waals surface area contributed by atoms with Crippen molar-refractivity contribution in [3.63, 3.8) is 0 Å². The first kappa shape index (κ1) is 21.7. The van der Waals surface area contributed by atoms with Crippen molar-refractivity contribution >= 4 is 0 Å². The second-order valence-electron chi connectivity index (χ2n) is 12.2. The van der Waals surface area contributed by atoms with Gasteiger partial charge in [0.2, 0.25) is 0 Å². The number of fused-ring (bicyclic) bond motifs is 4. The molecule has 0 aromatic carbocycles. The normalized spacial score (nSPS) is 46.0. The van der Waals surface area contributed by atoms with Crippen molar-refractivity contribution in [2.45, 2.75) is 105 Å². The molecular formula is C28H46O. The maximum Gasteiger partial charge on any atom is 0.0569 e. The van der Waals surface area contributed by atoms with Gasteiger partial charge in [0, 0.05) is 0 Å². The Bertz CT molecular complexity index is 672. The summed E-state index contributed by atoms with van der Waals surface area (Å²) in [6, 6.07) is 0. The van der Waals surface area contributed by atoms with Gasteiger partial charge in [-0.15, -0.1) is 0 Å². The molecule has 4 rings (SSSR count). The number of hydrogen-bond acceptors (Lipinski definition) is 1. The van der Waals surface area contributed by atoms with E-state index in [4.69, 9.17) is 0 Å². The van der Waals surface area contributed by atoms with Crippen LogP contribution >= 0.6 is 0 Å². The fourth-order valence-corrected chi connectivity index (χ4v) is 8.51. The molecule has 0 bridgehead atoms. The third-order valence-corrected chi connectivity index (χ3v) is 10.2. The number of aliphatic hydroxyl groups excluding tert-OH is 1. The second kappa shape index (κ2) is 7.85. The highest BCUT2D eigenvalue weighted by atomic mass is 16.3. The summed E-state index contributed by atoms with van der Waals surface area (Å²) in [5, 5.41) is 10.5. The van der Waals surface area contributed by atoms with Crippen molar-refractivity contribution in [1.82, 2.24) is 0 Å². The Hall–Kier alpha value is -0.560. The molecule has 1 nitrogen and oxygen atoms in total. The van der Waals surface area contributed by atoms with E-state index in [-0.39, 0.29) is 6.10 Å². The summed E-state index contributed by atoms with van der Waals surface area (Å²) in [4.78, 5) is 0. The molecule has 0 aromatic heterocycles. The lowest BCUT2D eigenvalue weighted by molar-refractivity contribution is -0.0332. The van der Waals surface area contributed by atoms with Gasteiger partial charge in [-0.05, 0) is 104 Å². The van der Waals surface area contributed by atoms with Crippen LogP contribution in [0.4, 0.5) is 0 Å². The summed E-state index contributed by atoms with van der Waals surface area (Å²) < 4.78 is 0. The summed E-state index contributed by atoms with van der Waals surface area (Å²) in [6.45, 7) is 14.7. The van der Waals surface area contributed by atoms with E-state index in [9.17, 15) is 5.11 Å². The molecule has 0 spiro atoms. The lowest BCUT2D eigenvalue weighted by Crippen LogP contribution is -2.49. The molecule has 1 N–H and O–H groups in total. The predicted octanol–water partition coefficient (Wildman–Crippen LogP) is 7.55. The van der Waals surface area contributed by atoms with Gasteiger partial charge in [0.25, 0.3) is 0 Å². The molecule has 29 heavy (non-hydrogen) atoms.